The van der Waals surface area contributed by atoms with E-state index >= 15 is 0 Å². The predicted molar refractivity (Wildman–Crippen MR) is 131 cm³/mol. The molecule has 2 N–H and O–H groups in total. The van der Waals surface area contributed by atoms with Crippen LogP contribution in [-0.4, -0.2) is 17.6 Å². The topological polar surface area (TPSA) is 94.4 Å². The Hall–Kier alpha value is -4.08. The van der Waals surface area contributed by atoms with Crippen LogP contribution in [0.1, 0.15) is 60.8 Å². The molecule has 37 heavy (non-hydrogen) atoms. The third kappa shape index (κ3) is 7.70. The highest BCUT2D eigenvalue weighted by molar-refractivity contribution is 5.93. The fraction of sp³-hybridized carbons (Fsp3) is 0.296. The van der Waals surface area contributed by atoms with E-state index in [9.17, 15) is 28.0 Å². The molecule has 0 spiro atoms. The first kappa shape index (κ1) is 27.5. The van der Waals surface area contributed by atoms with Crippen molar-refractivity contribution >= 4 is 12.0 Å². The van der Waals surface area contributed by atoms with Gasteiger partial charge in [0, 0.05) is 12.6 Å². The molecule has 0 aliphatic carbocycles. The summed E-state index contributed by atoms with van der Waals surface area (Å²) in [6.45, 7) is 6.85. The van der Waals surface area contributed by atoms with Gasteiger partial charge in [-0.3, -0.25) is 4.79 Å². The Labute approximate surface area is 212 Å². The molecule has 196 valence electrons. The number of halogens is 3. The maximum absolute atomic E-state index is 13.4. The largest absolute Gasteiger partial charge is 0.619 e. The lowest BCUT2D eigenvalue weighted by Crippen LogP contribution is -2.32. The number of rotatable bonds is 6. The second-order valence-corrected chi connectivity index (χ2v) is 9.49. The molecular weight excluding hydrogens is 487 g/mol. The van der Waals surface area contributed by atoms with E-state index < -0.39 is 35.4 Å². The van der Waals surface area contributed by atoms with E-state index in [4.69, 9.17) is 4.74 Å². The van der Waals surface area contributed by atoms with Crippen molar-refractivity contribution in [3.8, 4) is 11.1 Å². The average molecular weight is 516 g/mol. The molecule has 0 aliphatic rings. The molecule has 2 amide bonds. The maximum atomic E-state index is 13.4. The number of alkyl carbamates (subject to hydrolysis) is 1. The lowest BCUT2D eigenvalue weighted by molar-refractivity contribution is -0.605. The quantitative estimate of drug-likeness (QED) is 0.334. The van der Waals surface area contributed by atoms with Gasteiger partial charge in [-0.2, -0.15) is 17.9 Å². The molecule has 2 aromatic carbocycles. The zero-order chi connectivity index (χ0) is 27.4. The lowest BCUT2D eigenvalue weighted by atomic mass is 9.95. The molecule has 0 saturated heterocycles. The van der Waals surface area contributed by atoms with Crippen molar-refractivity contribution in [2.75, 3.05) is 0 Å². The molecule has 1 atom stereocenters. The van der Waals surface area contributed by atoms with Gasteiger partial charge >= 0.3 is 12.3 Å². The molecule has 10 heteroatoms. The first-order chi connectivity index (χ1) is 17.2. The van der Waals surface area contributed by atoms with E-state index in [0.717, 1.165) is 18.3 Å². The van der Waals surface area contributed by atoms with Crippen LogP contribution in [0.25, 0.3) is 11.1 Å². The van der Waals surface area contributed by atoms with Gasteiger partial charge in [-0.1, -0.05) is 30.3 Å². The van der Waals surface area contributed by atoms with Crippen LogP contribution in [0.3, 0.4) is 0 Å². The summed E-state index contributed by atoms with van der Waals surface area (Å²) in [5.41, 5.74) is 0.666. The highest BCUT2D eigenvalue weighted by atomic mass is 19.4. The van der Waals surface area contributed by atoms with Crippen molar-refractivity contribution in [1.82, 2.24) is 10.6 Å². The minimum Gasteiger partial charge on any atom is -0.619 e. The second-order valence-electron chi connectivity index (χ2n) is 9.49. The lowest BCUT2D eigenvalue weighted by Gasteiger charge is -2.20. The van der Waals surface area contributed by atoms with E-state index in [2.05, 4.69) is 10.6 Å². The number of aromatic nitrogens is 1. The Morgan fingerprint density at radius 3 is 2.32 bits per heavy atom. The molecule has 0 bridgehead atoms. The van der Waals surface area contributed by atoms with Gasteiger partial charge in [0.05, 0.1) is 11.6 Å². The number of hydrogen-bond acceptors (Lipinski definition) is 4. The number of carbonyl (C=O) groups is 2. The van der Waals surface area contributed by atoms with Gasteiger partial charge in [0.25, 0.3) is 5.91 Å². The van der Waals surface area contributed by atoms with E-state index in [0.29, 0.717) is 27.0 Å². The number of alkyl halides is 3. The maximum Gasteiger partial charge on any atom is 0.416 e. The summed E-state index contributed by atoms with van der Waals surface area (Å²) in [7, 11) is 0. The summed E-state index contributed by atoms with van der Waals surface area (Å²) in [5, 5.41) is 16.8. The van der Waals surface area contributed by atoms with Gasteiger partial charge in [0.1, 0.15) is 11.2 Å². The van der Waals surface area contributed by atoms with Crippen molar-refractivity contribution in [3.63, 3.8) is 0 Å². The zero-order valence-corrected chi connectivity index (χ0v) is 20.8. The summed E-state index contributed by atoms with van der Waals surface area (Å²) < 4.78 is 46.0. The molecule has 1 aromatic heterocycles. The van der Waals surface area contributed by atoms with E-state index in [1.807, 2.05) is 0 Å². The molecule has 0 aliphatic heterocycles. The summed E-state index contributed by atoms with van der Waals surface area (Å²) in [5.74, 6) is -0.435. The molecule has 3 aromatic rings. The number of nitrogens with one attached hydrogen (secondary N) is 2. The van der Waals surface area contributed by atoms with E-state index in [1.165, 1.54) is 24.4 Å². The number of carbonyl (C=O) groups excluding carboxylic acids is 2. The molecular formula is C27H28F3N3O4. The molecule has 7 nitrogen and oxygen atoms in total. The molecule has 3 rings (SSSR count). The monoisotopic (exact) mass is 515 g/mol. The van der Waals surface area contributed by atoms with Crippen LogP contribution in [0.5, 0.6) is 0 Å². The van der Waals surface area contributed by atoms with Gasteiger partial charge < -0.3 is 20.6 Å². The third-order valence-corrected chi connectivity index (χ3v) is 5.37. The first-order valence-electron chi connectivity index (χ1n) is 11.5. The van der Waals surface area contributed by atoms with Crippen molar-refractivity contribution < 1.29 is 32.2 Å². The summed E-state index contributed by atoms with van der Waals surface area (Å²) in [6.07, 6.45) is -2.79. The van der Waals surface area contributed by atoms with Gasteiger partial charge in [0.15, 0.2) is 12.4 Å². The summed E-state index contributed by atoms with van der Waals surface area (Å²) in [6, 6.07) is 12.6. The third-order valence-electron chi connectivity index (χ3n) is 5.37. The second kappa shape index (κ2) is 10.9. The van der Waals surface area contributed by atoms with Crippen LogP contribution in [0.15, 0.2) is 67.0 Å². The van der Waals surface area contributed by atoms with Gasteiger partial charge in [-0.15, -0.1) is 0 Å². The Morgan fingerprint density at radius 1 is 1.05 bits per heavy atom. The highest BCUT2D eigenvalue weighted by Gasteiger charge is 2.31. The normalized spacial score (nSPS) is 12.5. The van der Waals surface area contributed by atoms with Gasteiger partial charge in [-0.05, 0) is 68.1 Å². The van der Waals surface area contributed by atoms with Crippen molar-refractivity contribution in [1.29, 1.82) is 0 Å². The first-order valence-corrected chi connectivity index (χ1v) is 11.5. The molecule has 0 radical (unpaired) electrons. The van der Waals surface area contributed by atoms with Crippen LogP contribution >= 0.6 is 0 Å². The van der Waals surface area contributed by atoms with Crippen molar-refractivity contribution in [3.05, 3.63) is 94.5 Å². The molecule has 0 saturated carbocycles. The van der Waals surface area contributed by atoms with Crippen LogP contribution < -0.4 is 15.4 Å². The minimum atomic E-state index is -4.54. The Bertz CT molecular complexity index is 1270. The fourth-order valence-corrected chi connectivity index (χ4v) is 3.56. The van der Waals surface area contributed by atoms with Crippen LogP contribution in [0.4, 0.5) is 18.0 Å². The molecule has 1 heterocycles. The number of amides is 2. The summed E-state index contributed by atoms with van der Waals surface area (Å²) in [4.78, 5) is 24.5. The zero-order valence-electron chi connectivity index (χ0n) is 20.8. The molecule has 0 fully saturated rings. The number of hydrogen-bond donors (Lipinski definition) is 2. The predicted octanol–water partition coefficient (Wildman–Crippen LogP) is 5.52. The van der Waals surface area contributed by atoms with Crippen LogP contribution in [-0.2, 0) is 17.5 Å². The minimum absolute atomic E-state index is 0.0343. The Kier molecular flexibility index (Phi) is 8.10. The van der Waals surface area contributed by atoms with Gasteiger partial charge in [0.2, 0.25) is 0 Å². The van der Waals surface area contributed by atoms with Gasteiger partial charge in [-0.25, -0.2) is 4.79 Å². The SMILES string of the molecule is C[C@@H](NC(=O)c1ccc[n+]([O-])c1)c1ccc(-c2cc(C(F)(F)F)ccc2CNC(=O)OC(C)(C)C)cc1. The van der Waals surface area contributed by atoms with Crippen LogP contribution in [0.2, 0.25) is 0 Å². The van der Waals surface area contributed by atoms with Crippen molar-refractivity contribution in [2.24, 2.45) is 0 Å². The van der Waals surface area contributed by atoms with E-state index in [1.54, 1.807) is 52.0 Å². The average Bonchev–Trinajstić information content (AvgIpc) is 2.81. The smallest absolute Gasteiger partial charge is 0.416 e. The van der Waals surface area contributed by atoms with E-state index in [-0.39, 0.29) is 12.1 Å². The molecule has 0 unspecified atom stereocenters. The number of benzene rings is 2. The number of nitrogens with zero attached hydrogens (tertiary/aromatic N) is 1. The van der Waals surface area contributed by atoms with Crippen molar-refractivity contribution in [2.45, 2.75) is 52.1 Å². The Morgan fingerprint density at radius 2 is 1.73 bits per heavy atom. The van der Waals surface area contributed by atoms with Crippen LogP contribution in [0, 0.1) is 5.21 Å². The highest BCUT2D eigenvalue weighted by Crippen LogP contribution is 2.34. The standard InChI is InChI=1S/C27H28F3N3O4/c1-17(32-24(34)21-6-5-13-33(36)16-21)18-7-9-19(10-8-18)23-14-22(27(28,29)30)12-11-20(23)15-31-25(35)37-26(2,3)4/h5-14,16-17H,15H2,1-4H3,(H,31,35)(H,32,34)/t17-/m1/s1. The number of pyridine rings is 1. The number of ether oxygens (including phenoxy) is 1. The fourth-order valence-electron chi connectivity index (χ4n) is 3.56. The Balaban J connectivity index is 1.82. The summed E-state index contributed by atoms with van der Waals surface area (Å²) >= 11 is 0.